The van der Waals surface area contributed by atoms with E-state index in [1.165, 1.54) is 26.2 Å². The average Bonchev–Trinajstić information content (AvgIpc) is 2.39. The predicted molar refractivity (Wildman–Crippen MR) is 69.6 cm³/mol. The van der Waals surface area contributed by atoms with Crippen molar-refractivity contribution in [3.05, 3.63) is 23.3 Å². The summed E-state index contributed by atoms with van der Waals surface area (Å²) in [6.45, 7) is 1.87. The molecule has 0 saturated carbocycles. The maximum absolute atomic E-state index is 10.6. The molecule has 0 atom stereocenters. The van der Waals surface area contributed by atoms with Crippen molar-refractivity contribution < 1.29 is 14.6 Å². The molecule has 1 aromatic carbocycles. The summed E-state index contributed by atoms with van der Waals surface area (Å²) in [5.41, 5.74) is 0.694. The molecule has 0 unspecified atom stereocenters. The molecule has 98 valence electrons. The maximum atomic E-state index is 10.6. The first-order valence-corrected chi connectivity index (χ1v) is 5.63. The minimum Gasteiger partial charge on any atom is -0.503 e. The third-order valence-electron chi connectivity index (χ3n) is 2.27. The predicted octanol–water partition coefficient (Wildman–Crippen LogP) is 1.15. The van der Waals surface area contributed by atoms with E-state index in [0.717, 1.165) is 0 Å². The number of nitriles is 1. The minimum atomic E-state index is -0.113. The summed E-state index contributed by atoms with van der Waals surface area (Å²) in [6, 6.07) is 4.90. The lowest BCUT2D eigenvalue weighted by Crippen LogP contribution is -2.20. The Hall–Kier alpha value is -2.66. The second-order valence-electron chi connectivity index (χ2n) is 3.72. The highest BCUT2D eigenvalue weighted by Gasteiger charge is 2.08. The number of carbonyl (C=O) groups is 1. The number of carbonyl (C=O) groups excluding carboxylic acids is 1. The van der Waals surface area contributed by atoms with E-state index in [-0.39, 0.29) is 17.4 Å². The molecule has 1 aromatic rings. The first-order chi connectivity index (χ1) is 9.08. The van der Waals surface area contributed by atoms with Crippen LogP contribution in [0.2, 0.25) is 0 Å². The van der Waals surface area contributed by atoms with Crippen molar-refractivity contribution in [3.8, 4) is 29.4 Å². The highest BCUT2D eigenvalue weighted by atomic mass is 16.5. The van der Waals surface area contributed by atoms with Gasteiger partial charge in [-0.2, -0.15) is 5.26 Å². The Labute approximate surface area is 111 Å². The van der Waals surface area contributed by atoms with Crippen LogP contribution in [0.3, 0.4) is 0 Å². The number of hydrogen-bond donors (Lipinski definition) is 2. The average molecular weight is 258 g/mol. The molecule has 0 saturated heterocycles. The van der Waals surface area contributed by atoms with Gasteiger partial charge in [0.05, 0.1) is 24.3 Å². The number of amides is 1. The Kier molecular flexibility index (Phi) is 5.25. The van der Waals surface area contributed by atoms with Gasteiger partial charge in [-0.3, -0.25) is 4.79 Å². The third kappa shape index (κ3) is 4.25. The van der Waals surface area contributed by atoms with Crippen LogP contribution >= 0.6 is 0 Å². The number of benzene rings is 1. The first-order valence-electron chi connectivity index (χ1n) is 5.63. The van der Waals surface area contributed by atoms with Gasteiger partial charge in [0, 0.05) is 26.0 Å². The SMILES string of the molecule is COc1cc(C#N)cc(C#CCCNC(C)=O)c1O. The zero-order valence-electron chi connectivity index (χ0n) is 10.8. The van der Waals surface area contributed by atoms with Gasteiger partial charge in [0.15, 0.2) is 11.5 Å². The molecule has 0 heterocycles. The number of rotatable bonds is 3. The topological polar surface area (TPSA) is 82.3 Å². The molecule has 2 N–H and O–H groups in total. The summed E-state index contributed by atoms with van der Waals surface area (Å²) in [5.74, 6) is 5.58. The van der Waals surface area contributed by atoms with E-state index in [4.69, 9.17) is 10.00 Å². The summed E-state index contributed by atoms with van der Waals surface area (Å²) in [4.78, 5) is 10.6. The van der Waals surface area contributed by atoms with Crippen molar-refractivity contribution in [1.29, 1.82) is 5.26 Å². The van der Waals surface area contributed by atoms with Gasteiger partial charge in [-0.1, -0.05) is 11.8 Å². The van der Waals surface area contributed by atoms with E-state index in [1.807, 2.05) is 6.07 Å². The lowest BCUT2D eigenvalue weighted by atomic mass is 10.1. The van der Waals surface area contributed by atoms with E-state index in [2.05, 4.69) is 17.2 Å². The summed E-state index contributed by atoms with van der Waals surface area (Å²) in [5, 5.41) is 21.3. The molecule has 0 aliphatic rings. The van der Waals surface area contributed by atoms with E-state index in [9.17, 15) is 9.90 Å². The summed E-state index contributed by atoms with van der Waals surface area (Å²) in [7, 11) is 1.41. The Morgan fingerprint density at radius 1 is 1.53 bits per heavy atom. The molecule has 1 amide bonds. The van der Waals surface area contributed by atoms with Gasteiger partial charge in [-0.05, 0) is 6.07 Å². The van der Waals surface area contributed by atoms with Crippen molar-refractivity contribution in [2.45, 2.75) is 13.3 Å². The molecule has 0 spiro atoms. The second kappa shape index (κ2) is 6.93. The number of phenolic OH excluding ortho intramolecular Hbond substituents is 1. The van der Waals surface area contributed by atoms with E-state index in [0.29, 0.717) is 24.1 Å². The molecule has 1 rings (SSSR count). The lowest BCUT2D eigenvalue weighted by Gasteiger charge is -2.05. The highest BCUT2D eigenvalue weighted by Crippen LogP contribution is 2.30. The smallest absolute Gasteiger partial charge is 0.216 e. The number of methoxy groups -OCH3 is 1. The van der Waals surface area contributed by atoms with Crippen LogP contribution < -0.4 is 10.1 Å². The molecule has 19 heavy (non-hydrogen) atoms. The number of aromatic hydroxyl groups is 1. The molecule has 0 radical (unpaired) electrons. The molecule has 0 aliphatic heterocycles. The summed E-state index contributed by atoms with van der Waals surface area (Å²) < 4.78 is 4.96. The minimum absolute atomic E-state index is 0.0893. The standard InChI is InChI=1S/C14H14N2O3/c1-10(17)16-6-4-3-5-12-7-11(9-15)8-13(19-2)14(12)18/h7-8,18H,4,6H2,1-2H3,(H,16,17). The van der Waals surface area contributed by atoms with E-state index >= 15 is 0 Å². The van der Waals surface area contributed by atoms with Crippen LogP contribution in [0.15, 0.2) is 12.1 Å². The van der Waals surface area contributed by atoms with Gasteiger partial charge >= 0.3 is 0 Å². The molecule has 5 heteroatoms. The second-order valence-corrected chi connectivity index (χ2v) is 3.72. The summed E-state index contributed by atoms with van der Waals surface area (Å²) in [6.07, 6.45) is 0.456. The molecule has 0 aliphatic carbocycles. The first kappa shape index (κ1) is 14.4. The number of phenols is 1. The zero-order chi connectivity index (χ0) is 14.3. The quantitative estimate of drug-likeness (QED) is 0.629. The fourth-order valence-corrected chi connectivity index (χ4v) is 1.38. The molecular formula is C14H14N2O3. The molecule has 0 fully saturated rings. The van der Waals surface area contributed by atoms with Crippen LogP contribution in [0.4, 0.5) is 0 Å². The van der Waals surface area contributed by atoms with Crippen molar-refractivity contribution in [2.75, 3.05) is 13.7 Å². The fourth-order valence-electron chi connectivity index (χ4n) is 1.38. The van der Waals surface area contributed by atoms with Crippen LogP contribution in [0, 0.1) is 23.2 Å². The Morgan fingerprint density at radius 3 is 2.84 bits per heavy atom. The Balaban J connectivity index is 2.86. The van der Waals surface area contributed by atoms with Crippen LogP contribution in [0.5, 0.6) is 11.5 Å². The normalized spacial score (nSPS) is 8.89. The Morgan fingerprint density at radius 2 is 2.26 bits per heavy atom. The molecular weight excluding hydrogens is 244 g/mol. The third-order valence-corrected chi connectivity index (χ3v) is 2.27. The molecule has 0 aromatic heterocycles. The van der Waals surface area contributed by atoms with Gasteiger partial charge in [-0.15, -0.1) is 0 Å². The fraction of sp³-hybridized carbons (Fsp3) is 0.286. The van der Waals surface area contributed by atoms with Crippen LogP contribution in [0.1, 0.15) is 24.5 Å². The number of nitrogens with one attached hydrogen (secondary N) is 1. The largest absolute Gasteiger partial charge is 0.503 e. The molecule has 0 bridgehead atoms. The highest BCUT2D eigenvalue weighted by molar-refractivity contribution is 5.72. The number of nitrogens with zero attached hydrogens (tertiary/aromatic N) is 1. The van der Waals surface area contributed by atoms with Gasteiger partial charge in [0.2, 0.25) is 5.91 Å². The van der Waals surface area contributed by atoms with E-state index in [1.54, 1.807) is 0 Å². The van der Waals surface area contributed by atoms with Crippen LogP contribution in [0.25, 0.3) is 0 Å². The Bertz CT molecular complexity index is 577. The van der Waals surface area contributed by atoms with Crippen LogP contribution in [-0.4, -0.2) is 24.7 Å². The van der Waals surface area contributed by atoms with Crippen molar-refractivity contribution in [3.63, 3.8) is 0 Å². The summed E-state index contributed by atoms with van der Waals surface area (Å²) >= 11 is 0. The van der Waals surface area contributed by atoms with Crippen molar-refractivity contribution in [2.24, 2.45) is 0 Å². The van der Waals surface area contributed by atoms with Gasteiger partial charge < -0.3 is 15.2 Å². The van der Waals surface area contributed by atoms with Gasteiger partial charge in [-0.25, -0.2) is 0 Å². The van der Waals surface area contributed by atoms with E-state index < -0.39 is 0 Å². The lowest BCUT2D eigenvalue weighted by molar-refractivity contribution is -0.118. The van der Waals surface area contributed by atoms with Crippen molar-refractivity contribution >= 4 is 5.91 Å². The zero-order valence-corrected chi connectivity index (χ0v) is 10.8. The monoisotopic (exact) mass is 258 g/mol. The van der Waals surface area contributed by atoms with Gasteiger partial charge in [0.1, 0.15) is 0 Å². The van der Waals surface area contributed by atoms with Crippen molar-refractivity contribution in [1.82, 2.24) is 5.32 Å². The van der Waals surface area contributed by atoms with Crippen LogP contribution in [-0.2, 0) is 4.79 Å². The van der Waals surface area contributed by atoms with Gasteiger partial charge in [0.25, 0.3) is 0 Å². The molecule has 5 nitrogen and oxygen atoms in total. The number of hydrogen-bond acceptors (Lipinski definition) is 4. The number of ether oxygens (including phenoxy) is 1. The maximum Gasteiger partial charge on any atom is 0.216 e.